The van der Waals surface area contributed by atoms with Gasteiger partial charge >= 0.3 is 0 Å². The summed E-state index contributed by atoms with van der Waals surface area (Å²) in [6.45, 7) is 3.61. The van der Waals surface area contributed by atoms with Crippen LogP contribution in [0.3, 0.4) is 0 Å². The highest BCUT2D eigenvalue weighted by molar-refractivity contribution is 14.1. The van der Waals surface area contributed by atoms with Gasteiger partial charge in [0.25, 0.3) is 0 Å². The lowest BCUT2D eigenvalue weighted by atomic mass is 10.1. The van der Waals surface area contributed by atoms with Crippen molar-refractivity contribution in [1.82, 2.24) is 30.0 Å². The third-order valence-corrected chi connectivity index (χ3v) is 7.83. The number of thiophene rings is 1. The minimum Gasteiger partial charge on any atom is -0.492 e. The molecule has 0 radical (unpaired) electrons. The Hall–Kier alpha value is -3.28. The van der Waals surface area contributed by atoms with Gasteiger partial charge in [-0.1, -0.05) is 0 Å². The van der Waals surface area contributed by atoms with Crippen LogP contribution in [0.2, 0.25) is 0 Å². The molecule has 0 aliphatic carbocycles. The first kappa shape index (κ1) is 24.1. The predicted octanol–water partition coefficient (Wildman–Crippen LogP) is 6.75. The maximum absolute atomic E-state index is 6.01. The number of nitrogens with one attached hydrogen (secondary N) is 2. The largest absolute Gasteiger partial charge is 0.492 e. The average molecular weight is 621 g/mol. The monoisotopic (exact) mass is 620 g/mol. The molecular weight excluding hydrogens is 595 g/mol. The number of ether oxygens (including phenoxy) is 1. The maximum Gasteiger partial charge on any atom is 0.121 e. The molecule has 0 unspecified atom stereocenters. The molecule has 0 aliphatic rings. The summed E-state index contributed by atoms with van der Waals surface area (Å²) in [7, 11) is 4.08. The van der Waals surface area contributed by atoms with Crippen LogP contribution in [-0.4, -0.2) is 57.3 Å². The topological polar surface area (TPSA) is 82.7 Å². The first-order chi connectivity index (χ1) is 17.9. The van der Waals surface area contributed by atoms with Crippen LogP contribution in [0.4, 0.5) is 0 Å². The fraction of sp³-hybridized carbons (Fsp3) is 0.179. The number of rotatable bonds is 7. The zero-order valence-electron chi connectivity index (χ0n) is 20.7. The molecule has 0 aliphatic heterocycles. The van der Waals surface area contributed by atoms with E-state index >= 15 is 0 Å². The molecule has 9 heteroatoms. The van der Waals surface area contributed by atoms with E-state index in [1.54, 1.807) is 11.3 Å². The Morgan fingerprint density at radius 1 is 0.973 bits per heavy atom. The van der Waals surface area contributed by atoms with Gasteiger partial charge in [-0.15, -0.1) is 11.3 Å². The fourth-order valence-electron chi connectivity index (χ4n) is 4.36. The van der Waals surface area contributed by atoms with Crippen LogP contribution in [0.15, 0.2) is 60.9 Å². The normalized spacial score (nSPS) is 11.7. The zero-order chi connectivity index (χ0) is 25.5. The number of nitrogens with zero attached hydrogens (tertiary/aromatic N) is 4. The first-order valence-corrected chi connectivity index (χ1v) is 13.8. The number of benzene rings is 1. The van der Waals surface area contributed by atoms with Crippen molar-refractivity contribution in [3.8, 4) is 39.0 Å². The molecule has 0 fully saturated rings. The molecule has 186 valence electrons. The smallest absolute Gasteiger partial charge is 0.121 e. The zero-order valence-corrected chi connectivity index (χ0v) is 23.6. The summed E-state index contributed by atoms with van der Waals surface area (Å²) >= 11 is 4.08. The lowest BCUT2D eigenvalue weighted by Gasteiger charge is -2.12. The molecule has 0 atom stereocenters. The number of pyridine rings is 2. The van der Waals surface area contributed by atoms with Gasteiger partial charge in [0.1, 0.15) is 18.1 Å². The summed E-state index contributed by atoms with van der Waals surface area (Å²) in [6, 6.07) is 16.7. The van der Waals surface area contributed by atoms with E-state index in [4.69, 9.17) is 9.72 Å². The number of aromatic nitrogens is 5. The molecule has 5 aromatic heterocycles. The highest BCUT2D eigenvalue weighted by Crippen LogP contribution is 2.36. The Morgan fingerprint density at radius 3 is 2.65 bits per heavy atom. The molecule has 0 amide bonds. The molecule has 2 N–H and O–H groups in total. The van der Waals surface area contributed by atoms with Crippen LogP contribution >= 0.6 is 33.9 Å². The van der Waals surface area contributed by atoms with Crippen LogP contribution in [-0.2, 0) is 0 Å². The van der Waals surface area contributed by atoms with E-state index in [9.17, 15) is 0 Å². The molecular formula is C28H25IN6OS. The third-order valence-electron chi connectivity index (χ3n) is 6.20. The summed E-state index contributed by atoms with van der Waals surface area (Å²) in [4.78, 5) is 17.5. The molecule has 7 nitrogen and oxygen atoms in total. The number of fused-ring (bicyclic) bond motifs is 2. The van der Waals surface area contributed by atoms with E-state index in [0.717, 1.165) is 70.9 Å². The van der Waals surface area contributed by atoms with Gasteiger partial charge in [-0.25, -0.2) is 0 Å². The van der Waals surface area contributed by atoms with E-state index in [2.05, 4.69) is 91.0 Å². The van der Waals surface area contributed by atoms with Crippen molar-refractivity contribution >= 4 is 55.7 Å². The maximum atomic E-state index is 6.01. The Morgan fingerprint density at radius 2 is 1.84 bits per heavy atom. The first-order valence-electron chi connectivity index (χ1n) is 11.9. The molecule has 0 spiro atoms. The van der Waals surface area contributed by atoms with Crippen molar-refractivity contribution in [3.63, 3.8) is 0 Å². The number of halogens is 1. The number of hydrogen-bond donors (Lipinski definition) is 2. The van der Waals surface area contributed by atoms with E-state index < -0.39 is 0 Å². The Kier molecular flexibility index (Phi) is 6.43. The molecule has 0 bridgehead atoms. The summed E-state index contributed by atoms with van der Waals surface area (Å²) in [5, 5.41) is 9.88. The van der Waals surface area contributed by atoms with E-state index in [-0.39, 0.29) is 0 Å². The molecule has 5 heterocycles. The molecule has 6 rings (SSSR count). The summed E-state index contributed by atoms with van der Waals surface area (Å²) < 4.78 is 7.11. The van der Waals surface area contributed by atoms with E-state index in [0.29, 0.717) is 6.61 Å². The number of aryl methyl sites for hydroxylation is 1. The highest BCUT2D eigenvalue weighted by atomic mass is 127. The van der Waals surface area contributed by atoms with Gasteiger partial charge in [0.2, 0.25) is 0 Å². The molecule has 0 saturated heterocycles. The second kappa shape index (κ2) is 9.88. The summed E-state index contributed by atoms with van der Waals surface area (Å²) in [6.07, 6.45) is 3.70. The van der Waals surface area contributed by atoms with Gasteiger partial charge < -0.3 is 14.6 Å². The van der Waals surface area contributed by atoms with Crippen LogP contribution < -0.4 is 4.74 Å². The van der Waals surface area contributed by atoms with Crippen LogP contribution in [0.25, 0.3) is 55.0 Å². The second-order valence-electron chi connectivity index (χ2n) is 9.23. The highest BCUT2D eigenvalue weighted by Gasteiger charge is 2.16. The molecule has 1 aromatic carbocycles. The van der Waals surface area contributed by atoms with Crippen molar-refractivity contribution < 1.29 is 4.74 Å². The Balaban J connectivity index is 1.39. The minimum atomic E-state index is 0.632. The molecule has 0 saturated carbocycles. The lowest BCUT2D eigenvalue weighted by molar-refractivity contribution is 0.261. The van der Waals surface area contributed by atoms with Crippen LogP contribution in [0.1, 0.15) is 4.88 Å². The summed E-state index contributed by atoms with van der Waals surface area (Å²) in [5.41, 5.74) is 6.59. The van der Waals surface area contributed by atoms with Crippen molar-refractivity contribution in [2.24, 2.45) is 0 Å². The van der Waals surface area contributed by atoms with Gasteiger partial charge in [0.15, 0.2) is 0 Å². The minimum absolute atomic E-state index is 0.632. The number of aromatic amines is 2. The quantitative estimate of drug-likeness (QED) is 0.193. The van der Waals surface area contributed by atoms with Gasteiger partial charge in [-0.3, -0.25) is 15.1 Å². The van der Waals surface area contributed by atoms with Gasteiger partial charge in [-0.05, 0) is 92.1 Å². The van der Waals surface area contributed by atoms with Gasteiger partial charge in [0.05, 0.1) is 33.7 Å². The van der Waals surface area contributed by atoms with Gasteiger partial charge in [0, 0.05) is 43.0 Å². The second-order valence-corrected chi connectivity index (χ2v) is 11.8. The Bertz CT molecular complexity index is 1730. The molecule has 6 aromatic rings. The van der Waals surface area contributed by atoms with E-state index in [1.807, 2.05) is 38.6 Å². The number of hydrogen-bond acceptors (Lipinski definition) is 6. The number of H-pyrrole nitrogens is 2. The van der Waals surface area contributed by atoms with Crippen molar-refractivity contribution in [2.45, 2.75) is 6.92 Å². The average Bonchev–Trinajstić information content (AvgIpc) is 3.60. The SMILES string of the molecule is Cc1ccc(-c2nccc3[nH]c(-c4n[nH]c5cnc(-c6cc(I)cc(OCCN(C)C)c6)cc45)cc23)s1. The van der Waals surface area contributed by atoms with Crippen LogP contribution in [0.5, 0.6) is 5.75 Å². The lowest BCUT2D eigenvalue weighted by Crippen LogP contribution is -2.19. The summed E-state index contributed by atoms with van der Waals surface area (Å²) in [5.74, 6) is 0.845. The van der Waals surface area contributed by atoms with E-state index in [1.165, 1.54) is 4.88 Å². The van der Waals surface area contributed by atoms with Crippen molar-refractivity contribution in [1.29, 1.82) is 0 Å². The Labute approximate surface area is 232 Å². The third kappa shape index (κ3) is 4.86. The van der Waals surface area contributed by atoms with Crippen molar-refractivity contribution in [3.05, 3.63) is 69.4 Å². The molecule has 37 heavy (non-hydrogen) atoms. The fourth-order valence-corrected chi connectivity index (χ4v) is 5.88. The van der Waals surface area contributed by atoms with Crippen molar-refractivity contribution in [2.75, 3.05) is 27.2 Å². The van der Waals surface area contributed by atoms with Gasteiger partial charge in [-0.2, -0.15) is 5.10 Å². The standard InChI is InChI=1S/C28H25IN6OS/c1-16-4-5-26(37-16)28-20-14-24(32-22(20)6-7-30-28)27-21-13-23(31-15-25(21)33-34-27)17-10-18(29)12-19(11-17)36-9-8-35(2)3/h4-7,10-15,32H,8-9H2,1-3H3,(H,33,34). The number of likely N-dealkylation sites (N-methyl/N-ethyl adjacent to an activating group) is 1. The van der Waals surface area contributed by atoms with Crippen LogP contribution in [0, 0.1) is 10.5 Å². The predicted molar refractivity (Wildman–Crippen MR) is 159 cm³/mol.